The van der Waals surface area contributed by atoms with Gasteiger partial charge in [-0.25, -0.2) is 0 Å². The van der Waals surface area contributed by atoms with Gasteiger partial charge in [-0.15, -0.1) is 11.3 Å². The van der Waals surface area contributed by atoms with E-state index in [0.29, 0.717) is 0 Å². The topological polar surface area (TPSA) is 0 Å². The van der Waals surface area contributed by atoms with Crippen molar-refractivity contribution in [2.45, 2.75) is 52.4 Å². The highest BCUT2D eigenvalue weighted by Crippen LogP contribution is 2.17. The Balaban J connectivity index is 2.06. The van der Waals surface area contributed by atoms with Crippen LogP contribution in [-0.4, -0.2) is 0 Å². The third-order valence-corrected chi connectivity index (χ3v) is 3.38. The molecule has 1 rings (SSSR count). The maximum Gasteiger partial charge on any atom is 0.00480 e. The largest absolute Gasteiger partial charge is 0.146 e. The molecule has 0 amide bonds. The zero-order valence-corrected chi connectivity index (χ0v) is 9.62. The molecule has 1 heterocycles. The lowest BCUT2D eigenvalue weighted by Gasteiger charge is -1.97. The Bertz CT molecular complexity index is 225. The number of hydrogen-bond acceptors (Lipinski definition) is 1. The molecule has 0 atom stereocenters. The lowest BCUT2D eigenvalue weighted by Crippen LogP contribution is -1.81. The molecule has 0 unspecified atom stereocenters. The average molecular weight is 196 g/mol. The zero-order chi connectivity index (χ0) is 9.52. The van der Waals surface area contributed by atoms with Gasteiger partial charge in [-0.1, -0.05) is 32.6 Å². The fourth-order valence-electron chi connectivity index (χ4n) is 1.52. The van der Waals surface area contributed by atoms with E-state index >= 15 is 0 Å². The van der Waals surface area contributed by atoms with Gasteiger partial charge in [0, 0.05) is 9.75 Å². The number of hydrogen-bond donors (Lipinski definition) is 0. The van der Waals surface area contributed by atoms with Crippen LogP contribution < -0.4 is 0 Å². The smallest absolute Gasteiger partial charge is 0.00480 e. The molecule has 1 aromatic heterocycles. The predicted molar refractivity (Wildman–Crippen MR) is 61.5 cm³/mol. The number of aryl methyl sites for hydroxylation is 2. The minimum atomic E-state index is 1.29. The van der Waals surface area contributed by atoms with Crippen LogP contribution in [0.15, 0.2) is 12.1 Å². The van der Waals surface area contributed by atoms with Crippen LogP contribution in [-0.2, 0) is 6.42 Å². The van der Waals surface area contributed by atoms with Gasteiger partial charge in [0.25, 0.3) is 0 Å². The van der Waals surface area contributed by atoms with Gasteiger partial charge in [0.2, 0.25) is 0 Å². The van der Waals surface area contributed by atoms with E-state index in [4.69, 9.17) is 0 Å². The van der Waals surface area contributed by atoms with Crippen LogP contribution in [0.3, 0.4) is 0 Å². The molecular weight excluding hydrogens is 176 g/mol. The van der Waals surface area contributed by atoms with Gasteiger partial charge in [-0.2, -0.15) is 0 Å². The second-order valence-corrected chi connectivity index (χ2v) is 5.05. The van der Waals surface area contributed by atoms with Gasteiger partial charge in [-0.05, 0) is 31.9 Å². The molecule has 13 heavy (non-hydrogen) atoms. The highest BCUT2D eigenvalue weighted by molar-refractivity contribution is 7.11. The maximum atomic E-state index is 2.28. The van der Waals surface area contributed by atoms with E-state index in [1.807, 2.05) is 11.3 Å². The molecule has 0 spiro atoms. The molecule has 0 fully saturated rings. The third-order valence-electron chi connectivity index (χ3n) is 2.32. The first-order valence-corrected chi connectivity index (χ1v) is 6.20. The molecule has 74 valence electrons. The fraction of sp³-hybridized carbons (Fsp3) is 0.667. The van der Waals surface area contributed by atoms with Crippen molar-refractivity contribution >= 4 is 11.3 Å². The van der Waals surface area contributed by atoms with E-state index in [2.05, 4.69) is 26.0 Å². The highest BCUT2D eigenvalue weighted by atomic mass is 32.1. The van der Waals surface area contributed by atoms with Gasteiger partial charge >= 0.3 is 0 Å². The van der Waals surface area contributed by atoms with Crippen LogP contribution in [0, 0.1) is 6.92 Å². The lowest BCUT2D eigenvalue weighted by atomic mass is 10.1. The molecule has 0 aliphatic carbocycles. The Morgan fingerprint density at radius 2 is 1.85 bits per heavy atom. The van der Waals surface area contributed by atoms with Crippen LogP contribution in [0.2, 0.25) is 0 Å². The third kappa shape index (κ3) is 4.47. The Hall–Kier alpha value is -0.300. The summed E-state index contributed by atoms with van der Waals surface area (Å²) >= 11 is 1.95. The molecule has 1 aromatic rings. The van der Waals surface area contributed by atoms with Crippen LogP contribution >= 0.6 is 11.3 Å². The van der Waals surface area contributed by atoms with Crippen LogP contribution in [0.4, 0.5) is 0 Å². The quantitative estimate of drug-likeness (QED) is 0.585. The van der Waals surface area contributed by atoms with Crippen LogP contribution in [0.25, 0.3) is 0 Å². The number of unbranched alkanes of at least 4 members (excludes halogenated alkanes) is 4. The molecule has 0 bridgehead atoms. The summed E-state index contributed by atoms with van der Waals surface area (Å²) in [7, 11) is 0. The van der Waals surface area contributed by atoms with Crippen molar-refractivity contribution in [2.75, 3.05) is 0 Å². The predicted octanol–water partition coefficient (Wildman–Crippen LogP) is 4.57. The molecule has 0 nitrogen and oxygen atoms in total. The first-order chi connectivity index (χ1) is 6.33. The monoisotopic (exact) mass is 196 g/mol. The van der Waals surface area contributed by atoms with E-state index in [1.165, 1.54) is 43.4 Å². The van der Waals surface area contributed by atoms with E-state index in [1.54, 1.807) is 4.88 Å². The van der Waals surface area contributed by atoms with Crippen LogP contribution in [0.1, 0.15) is 48.8 Å². The van der Waals surface area contributed by atoms with Gasteiger partial charge in [-0.3, -0.25) is 0 Å². The Morgan fingerprint density at radius 1 is 1.08 bits per heavy atom. The van der Waals surface area contributed by atoms with Crippen LogP contribution in [0.5, 0.6) is 0 Å². The highest BCUT2D eigenvalue weighted by Gasteiger charge is 1.96. The number of thiophene rings is 1. The summed E-state index contributed by atoms with van der Waals surface area (Å²) in [5.74, 6) is 0. The van der Waals surface area contributed by atoms with Crippen molar-refractivity contribution < 1.29 is 0 Å². The standard InChI is InChI=1S/C12H20S/c1-3-4-5-6-7-8-12-10-9-11(2)13-12/h9-10H,3-8H2,1-2H3. The number of rotatable bonds is 6. The minimum absolute atomic E-state index is 1.29. The molecule has 0 aliphatic rings. The second kappa shape index (κ2) is 6.20. The Morgan fingerprint density at radius 3 is 2.46 bits per heavy atom. The summed E-state index contributed by atoms with van der Waals surface area (Å²) in [6, 6.07) is 4.51. The molecule has 0 N–H and O–H groups in total. The van der Waals surface area contributed by atoms with Crippen molar-refractivity contribution in [3.63, 3.8) is 0 Å². The minimum Gasteiger partial charge on any atom is -0.146 e. The molecule has 0 aromatic carbocycles. The molecule has 1 heteroatoms. The summed E-state index contributed by atoms with van der Waals surface area (Å²) in [5.41, 5.74) is 0. The molecular formula is C12H20S. The van der Waals surface area contributed by atoms with Crippen molar-refractivity contribution in [3.05, 3.63) is 21.9 Å². The Labute approximate surface area is 86.0 Å². The van der Waals surface area contributed by atoms with E-state index < -0.39 is 0 Å². The zero-order valence-electron chi connectivity index (χ0n) is 8.81. The normalized spacial score (nSPS) is 10.6. The second-order valence-electron chi connectivity index (χ2n) is 3.68. The van der Waals surface area contributed by atoms with Gasteiger partial charge in [0.15, 0.2) is 0 Å². The van der Waals surface area contributed by atoms with Crippen molar-refractivity contribution in [3.8, 4) is 0 Å². The SMILES string of the molecule is CCCCCCCc1ccc(C)s1. The fourth-order valence-corrected chi connectivity index (χ4v) is 2.45. The van der Waals surface area contributed by atoms with E-state index in [-0.39, 0.29) is 0 Å². The Kier molecular flexibility index (Phi) is 5.14. The van der Waals surface area contributed by atoms with Gasteiger partial charge in [0.05, 0.1) is 0 Å². The van der Waals surface area contributed by atoms with Crippen molar-refractivity contribution in [1.29, 1.82) is 0 Å². The summed E-state index contributed by atoms with van der Waals surface area (Å²) in [4.78, 5) is 3.01. The molecule has 0 aliphatic heterocycles. The summed E-state index contributed by atoms with van der Waals surface area (Å²) in [6.07, 6.45) is 8.25. The first-order valence-electron chi connectivity index (χ1n) is 5.38. The summed E-state index contributed by atoms with van der Waals surface area (Å²) in [5, 5.41) is 0. The first kappa shape index (κ1) is 10.8. The summed E-state index contributed by atoms with van der Waals surface area (Å²) in [6.45, 7) is 4.45. The molecule has 0 radical (unpaired) electrons. The molecule has 0 saturated heterocycles. The van der Waals surface area contributed by atoms with E-state index in [9.17, 15) is 0 Å². The lowest BCUT2D eigenvalue weighted by molar-refractivity contribution is 0.634. The molecule has 0 saturated carbocycles. The van der Waals surface area contributed by atoms with Gasteiger partial charge in [0.1, 0.15) is 0 Å². The van der Waals surface area contributed by atoms with E-state index in [0.717, 1.165) is 0 Å². The van der Waals surface area contributed by atoms with Crippen molar-refractivity contribution in [1.82, 2.24) is 0 Å². The average Bonchev–Trinajstić information content (AvgIpc) is 2.51. The van der Waals surface area contributed by atoms with Crippen molar-refractivity contribution in [2.24, 2.45) is 0 Å². The summed E-state index contributed by atoms with van der Waals surface area (Å²) < 4.78 is 0. The maximum absolute atomic E-state index is 2.28. The van der Waals surface area contributed by atoms with Gasteiger partial charge < -0.3 is 0 Å².